The molecule has 172 valence electrons. The van der Waals surface area contributed by atoms with E-state index in [4.69, 9.17) is 15.5 Å². The standard InChI is InChI=1S/C25H24FN7O/c1-15(31-24-20(12-27)23(28)29-14-30-24)25-32-21-8-7-17(26)9-22(21)33(25)18-10-19(11-18)34-13-16-5-3-2-4-6-16/h2-9,14-15,18-19H,10-11,13H2,1H3,(H3,28,29,30,31). The van der Waals surface area contributed by atoms with E-state index < -0.39 is 0 Å². The Kier molecular flexibility index (Phi) is 5.82. The first-order valence-electron chi connectivity index (χ1n) is 11.1. The molecule has 9 heteroatoms. The van der Waals surface area contributed by atoms with Gasteiger partial charge in [-0.3, -0.25) is 0 Å². The van der Waals surface area contributed by atoms with Gasteiger partial charge in [-0.2, -0.15) is 5.26 Å². The van der Waals surface area contributed by atoms with E-state index in [1.165, 1.54) is 18.5 Å². The summed E-state index contributed by atoms with van der Waals surface area (Å²) in [5.41, 5.74) is 8.59. The van der Waals surface area contributed by atoms with E-state index in [0.717, 1.165) is 29.7 Å². The number of hydrogen-bond acceptors (Lipinski definition) is 7. The fourth-order valence-electron chi connectivity index (χ4n) is 4.34. The highest BCUT2D eigenvalue weighted by molar-refractivity contribution is 5.76. The van der Waals surface area contributed by atoms with E-state index in [2.05, 4.69) is 19.9 Å². The number of nitrogens with two attached hydrogens (primary N) is 1. The van der Waals surface area contributed by atoms with Gasteiger partial charge in [0.15, 0.2) is 0 Å². The maximum atomic E-state index is 14.1. The maximum absolute atomic E-state index is 14.1. The quantitative estimate of drug-likeness (QED) is 0.419. The molecule has 2 heterocycles. The summed E-state index contributed by atoms with van der Waals surface area (Å²) in [6.45, 7) is 2.49. The van der Waals surface area contributed by atoms with Gasteiger partial charge in [0.25, 0.3) is 0 Å². The van der Waals surface area contributed by atoms with Crippen LogP contribution in [0.4, 0.5) is 16.0 Å². The van der Waals surface area contributed by atoms with Crippen molar-refractivity contribution in [1.82, 2.24) is 19.5 Å². The highest BCUT2D eigenvalue weighted by Crippen LogP contribution is 2.40. The average molecular weight is 458 g/mol. The molecule has 34 heavy (non-hydrogen) atoms. The average Bonchev–Trinajstić information content (AvgIpc) is 3.17. The maximum Gasteiger partial charge on any atom is 0.150 e. The van der Waals surface area contributed by atoms with E-state index in [9.17, 15) is 9.65 Å². The minimum absolute atomic E-state index is 0.111. The third kappa shape index (κ3) is 4.16. The molecule has 0 saturated heterocycles. The lowest BCUT2D eigenvalue weighted by Gasteiger charge is -2.37. The van der Waals surface area contributed by atoms with Crippen molar-refractivity contribution in [3.8, 4) is 6.07 Å². The molecule has 0 bridgehead atoms. The van der Waals surface area contributed by atoms with Crippen LogP contribution in [0.15, 0.2) is 54.9 Å². The first-order chi connectivity index (χ1) is 16.5. The van der Waals surface area contributed by atoms with Crippen LogP contribution >= 0.6 is 0 Å². The molecule has 5 rings (SSSR count). The molecule has 1 saturated carbocycles. The molecule has 0 aliphatic heterocycles. The number of fused-ring (bicyclic) bond motifs is 1. The number of nitrogens with zero attached hydrogens (tertiary/aromatic N) is 5. The van der Waals surface area contributed by atoms with Crippen LogP contribution in [-0.4, -0.2) is 25.6 Å². The van der Waals surface area contributed by atoms with Crippen LogP contribution in [-0.2, 0) is 11.3 Å². The van der Waals surface area contributed by atoms with Crippen molar-refractivity contribution in [1.29, 1.82) is 5.26 Å². The number of anilines is 2. The third-order valence-electron chi connectivity index (χ3n) is 6.17. The Labute approximate surface area is 196 Å². The largest absolute Gasteiger partial charge is 0.382 e. The number of aromatic nitrogens is 4. The lowest BCUT2D eigenvalue weighted by atomic mass is 9.88. The summed E-state index contributed by atoms with van der Waals surface area (Å²) in [4.78, 5) is 12.8. The number of halogens is 1. The zero-order chi connectivity index (χ0) is 23.7. The number of imidazole rings is 1. The van der Waals surface area contributed by atoms with E-state index >= 15 is 0 Å². The lowest BCUT2D eigenvalue weighted by molar-refractivity contribution is -0.0354. The van der Waals surface area contributed by atoms with Crippen LogP contribution in [0.5, 0.6) is 0 Å². The van der Waals surface area contributed by atoms with Gasteiger partial charge in [-0.1, -0.05) is 30.3 Å². The molecule has 4 aromatic rings. The van der Waals surface area contributed by atoms with Crippen molar-refractivity contribution in [3.05, 3.63) is 77.6 Å². The number of nitrogen functional groups attached to an aromatic ring is 1. The van der Waals surface area contributed by atoms with Crippen LogP contribution in [0, 0.1) is 17.1 Å². The second-order valence-electron chi connectivity index (χ2n) is 8.48. The van der Waals surface area contributed by atoms with Crippen LogP contribution in [0.3, 0.4) is 0 Å². The molecule has 1 fully saturated rings. The Balaban J connectivity index is 1.39. The highest BCUT2D eigenvalue weighted by Gasteiger charge is 2.35. The van der Waals surface area contributed by atoms with Gasteiger partial charge in [0.2, 0.25) is 0 Å². The topological polar surface area (TPSA) is 115 Å². The molecule has 0 spiro atoms. The Morgan fingerprint density at radius 1 is 1.24 bits per heavy atom. The molecule has 0 amide bonds. The summed E-state index contributed by atoms with van der Waals surface area (Å²) in [5.74, 6) is 0.866. The summed E-state index contributed by atoms with van der Waals surface area (Å²) in [6, 6.07) is 16.5. The van der Waals surface area contributed by atoms with Gasteiger partial charge < -0.3 is 20.4 Å². The van der Waals surface area contributed by atoms with Crippen LogP contribution in [0.25, 0.3) is 11.0 Å². The predicted molar refractivity (Wildman–Crippen MR) is 126 cm³/mol. The van der Waals surface area contributed by atoms with Gasteiger partial charge in [-0.15, -0.1) is 0 Å². The summed E-state index contributed by atoms with van der Waals surface area (Å²) in [5, 5.41) is 12.7. The number of hydrogen-bond donors (Lipinski definition) is 2. The van der Waals surface area contributed by atoms with Crippen LogP contribution in [0.1, 0.15) is 48.8 Å². The van der Waals surface area contributed by atoms with E-state index in [1.54, 1.807) is 6.07 Å². The van der Waals surface area contributed by atoms with Crippen molar-refractivity contribution in [2.75, 3.05) is 11.1 Å². The highest BCUT2D eigenvalue weighted by atomic mass is 19.1. The third-order valence-corrected chi connectivity index (χ3v) is 6.17. The summed E-state index contributed by atoms with van der Waals surface area (Å²) < 4.78 is 22.3. The zero-order valence-corrected chi connectivity index (χ0v) is 18.6. The predicted octanol–water partition coefficient (Wildman–Crippen LogP) is 4.51. The lowest BCUT2D eigenvalue weighted by Crippen LogP contribution is -2.34. The van der Waals surface area contributed by atoms with Gasteiger partial charge in [-0.05, 0) is 43.5 Å². The normalized spacial score (nSPS) is 18.3. The Hall–Kier alpha value is -4.03. The SMILES string of the molecule is CC(Nc1ncnc(N)c1C#N)c1nc2ccc(F)cc2n1C1CC(OCc2ccccc2)C1. The molecular formula is C25H24FN7O. The zero-order valence-electron chi connectivity index (χ0n) is 18.6. The van der Waals surface area contributed by atoms with Gasteiger partial charge in [0, 0.05) is 6.04 Å². The number of nitriles is 1. The van der Waals surface area contributed by atoms with Crippen molar-refractivity contribution >= 4 is 22.7 Å². The molecule has 2 aromatic carbocycles. The van der Waals surface area contributed by atoms with Crippen molar-refractivity contribution in [3.63, 3.8) is 0 Å². The van der Waals surface area contributed by atoms with E-state index in [-0.39, 0.29) is 35.4 Å². The van der Waals surface area contributed by atoms with Crippen molar-refractivity contribution in [2.45, 2.75) is 44.6 Å². The Bertz CT molecular complexity index is 1360. The smallest absolute Gasteiger partial charge is 0.150 e. The molecule has 1 aliphatic carbocycles. The van der Waals surface area contributed by atoms with Crippen LogP contribution < -0.4 is 11.1 Å². The molecule has 8 nitrogen and oxygen atoms in total. The molecular weight excluding hydrogens is 433 g/mol. The number of ether oxygens (including phenoxy) is 1. The first-order valence-corrected chi connectivity index (χ1v) is 11.1. The number of rotatable bonds is 7. The van der Waals surface area contributed by atoms with E-state index in [1.807, 2.05) is 43.3 Å². The molecule has 2 aromatic heterocycles. The van der Waals surface area contributed by atoms with Crippen molar-refractivity contribution in [2.24, 2.45) is 0 Å². The minimum atomic E-state index is -0.318. The monoisotopic (exact) mass is 457 g/mol. The summed E-state index contributed by atoms with van der Waals surface area (Å²) in [7, 11) is 0. The molecule has 1 aliphatic rings. The Morgan fingerprint density at radius 3 is 2.79 bits per heavy atom. The fraction of sp³-hybridized carbons (Fsp3) is 0.280. The summed E-state index contributed by atoms with van der Waals surface area (Å²) in [6.07, 6.45) is 3.04. The second-order valence-corrected chi connectivity index (χ2v) is 8.48. The van der Waals surface area contributed by atoms with Crippen LogP contribution in [0.2, 0.25) is 0 Å². The van der Waals surface area contributed by atoms with Gasteiger partial charge in [0.05, 0.1) is 29.8 Å². The minimum Gasteiger partial charge on any atom is -0.382 e. The second kappa shape index (κ2) is 9.08. The van der Waals surface area contributed by atoms with Crippen molar-refractivity contribution < 1.29 is 9.13 Å². The van der Waals surface area contributed by atoms with Gasteiger partial charge in [0.1, 0.15) is 41.2 Å². The molecule has 3 N–H and O–H groups in total. The van der Waals surface area contributed by atoms with E-state index in [0.29, 0.717) is 17.9 Å². The summed E-state index contributed by atoms with van der Waals surface area (Å²) >= 11 is 0. The molecule has 1 atom stereocenters. The van der Waals surface area contributed by atoms with Gasteiger partial charge >= 0.3 is 0 Å². The number of benzene rings is 2. The molecule has 1 unspecified atom stereocenters. The number of nitrogens with one attached hydrogen (secondary N) is 1. The van der Waals surface area contributed by atoms with Gasteiger partial charge in [-0.25, -0.2) is 19.3 Å². The first kappa shape index (κ1) is 21.8. The fourth-order valence-corrected chi connectivity index (χ4v) is 4.34. The molecule has 0 radical (unpaired) electrons. The Morgan fingerprint density at radius 2 is 2.03 bits per heavy atom.